The van der Waals surface area contributed by atoms with E-state index in [1.807, 2.05) is 0 Å². The van der Waals surface area contributed by atoms with Gasteiger partial charge in [-0.05, 0) is 30.2 Å². The normalized spacial score (nSPS) is 10.2. The summed E-state index contributed by atoms with van der Waals surface area (Å²) in [6.07, 6.45) is 2.91. The summed E-state index contributed by atoms with van der Waals surface area (Å²) in [5.41, 5.74) is 0.867. The Bertz CT molecular complexity index is 570. The van der Waals surface area contributed by atoms with Crippen LogP contribution >= 0.6 is 0 Å². The zero-order valence-corrected chi connectivity index (χ0v) is 10.1. The first-order valence-electron chi connectivity index (χ1n) is 5.79. The van der Waals surface area contributed by atoms with Crippen LogP contribution < -0.4 is 5.32 Å². The molecule has 0 aliphatic carbocycles. The molecular formula is C14H12F2N2O. The molecule has 1 heterocycles. The molecule has 0 saturated carbocycles. The molecule has 0 spiro atoms. The van der Waals surface area contributed by atoms with Crippen molar-refractivity contribution in [2.45, 2.75) is 6.42 Å². The van der Waals surface area contributed by atoms with Crippen molar-refractivity contribution in [1.82, 2.24) is 10.3 Å². The van der Waals surface area contributed by atoms with Crippen molar-refractivity contribution in [3.05, 3.63) is 65.5 Å². The first kappa shape index (κ1) is 13.1. The monoisotopic (exact) mass is 262 g/mol. The Balaban J connectivity index is 1.88. The van der Waals surface area contributed by atoms with Crippen LogP contribution in [0.2, 0.25) is 0 Å². The van der Waals surface area contributed by atoms with Crippen molar-refractivity contribution in [1.29, 1.82) is 0 Å². The number of benzene rings is 1. The maximum absolute atomic E-state index is 13.3. The SMILES string of the molecule is O=C(NCCc1ccc(F)cc1)c1ccncc1F. The number of halogens is 2. The number of pyridine rings is 1. The van der Waals surface area contributed by atoms with Crippen LogP contribution in [0.1, 0.15) is 15.9 Å². The minimum atomic E-state index is -0.651. The molecule has 1 N–H and O–H groups in total. The van der Waals surface area contributed by atoms with Gasteiger partial charge in [-0.25, -0.2) is 8.78 Å². The molecule has 3 nitrogen and oxygen atoms in total. The van der Waals surface area contributed by atoms with E-state index < -0.39 is 11.7 Å². The van der Waals surface area contributed by atoms with Gasteiger partial charge in [0.25, 0.3) is 5.91 Å². The summed E-state index contributed by atoms with van der Waals surface area (Å²) >= 11 is 0. The molecule has 5 heteroatoms. The Kier molecular flexibility index (Phi) is 4.18. The highest BCUT2D eigenvalue weighted by molar-refractivity contribution is 5.94. The van der Waals surface area contributed by atoms with Gasteiger partial charge in [0.05, 0.1) is 11.8 Å². The van der Waals surface area contributed by atoms with Crippen LogP contribution in [0, 0.1) is 11.6 Å². The van der Waals surface area contributed by atoms with Gasteiger partial charge in [-0.15, -0.1) is 0 Å². The molecule has 19 heavy (non-hydrogen) atoms. The van der Waals surface area contributed by atoms with Gasteiger partial charge in [0.2, 0.25) is 0 Å². The van der Waals surface area contributed by atoms with Crippen molar-refractivity contribution in [2.24, 2.45) is 0 Å². The number of nitrogens with zero attached hydrogens (tertiary/aromatic N) is 1. The molecule has 98 valence electrons. The number of aromatic nitrogens is 1. The summed E-state index contributed by atoms with van der Waals surface area (Å²) in [5.74, 6) is -1.43. The Labute approximate surface area is 109 Å². The highest BCUT2D eigenvalue weighted by Crippen LogP contribution is 2.05. The highest BCUT2D eigenvalue weighted by atomic mass is 19.1. The fourth-order valence-electron chi connectivity index (χ4n) is 1.63. The number of hydrogen-bond donors (Lipinski definition) is 1. The number of amides is 1. The Hall–Kier alpha value is -2.30. The zero-order chi connectivity index (χ0) is 13.7. The average Bonchev–Trinajstić information content (AvgIpc) is 2.41. The molecule has 0 saturated heterocycles. The molecule has 0 bridgehead atoms. The smallest absolute Gasteiger partial charge is 0.254 e. The topological polar surface area (TPSA) is 42.0 Å². The summed E-state index contributed by atoms with van der Waals surface area (Å²) in [5, 5.41) is 2.60. The molecule has 1 aromatic heterocycles. The van der Waals surface area contributed by atoms with E-state index in [1.54, 1.807) is 12.1 Å². The minimum Gasteiger partial charge on any atom is -0.352 e. The van der Waals surface area contributed by atoms with E-state index in [9.17, 15) is 13.6 Å². The first-order valence-corrected chi connectivity index (χ1v) is 5.79. The molecule has 0 atom stereocenters. The van der Waals surface area contributed by atoms with E-state index in [-0.39, 0.29) is 11.4 Å². The number of carbonyl (C=O) groups excluding carboxylic acids is 1. The third kappa shape index (κ3) is 3.58. The molecular weight excluding hydrogens is 250 g/mol. The third-order valence-corrected chi connectivity index (χ3v) is 2.63. The summed E-state index contributed by atoms with van der Waals surface area (Å²) in [6.45, 7) is 0.353. The largest absolute Gasteiger partial charge is 0.352 e. The lowest BCUT2D eigenvalue weighted by Gasteiger charge is -2.06. The van der Waals surface area contributed by atoms with E-state index in [2.05, 4.69) is 10.3 Å². The summed E-state index contributed by atoms with van der Waals surface area (Å²) in [6, 6.07) is 7.34. The lowest BCUT2D eigenvalue weighted by molar-refractivity contribution is 0.0950. The van der Waals surface area contributed by atoms with Gasteiger partial charge in [-0.3, -0.25) is 9.78 Å². The molecule has 2 aromatic rings. The molecule has 0 unspecified atom stereocenters. The Morgan fingerprint density at radius 1 is 1.16 bits per heavy atom. The highest BCUT2D eigenvalue weighted by Gasteiger charge is 2.10. The van der Waals surface area contributed by atoms with Crippen LogP contribution in [0.25, 0.3) is 0 Å². The van der Waals surface area contributed by atoms with E-state index >= 15 is 0 Å². The predicted molar refractivity (Wildman–Crippen MR) is 66.6 cm³/mol. The standard InChI is InChI=1S/C14H12F2N2O/c15-11-3-1-10(2-4-11)5-8-18-14(19)12-6-7-17-9-13(12)16/h1-4,6-7,9H,5,8H2,(H,18,19). The van der Waals surface area contributed by atoms with E-state index in [1.165, 1.54) is 24.4 Å². The van der Waals surface area contributed by atoms with Gasteiger partial charge in [-0.1, -0.05) is 12.1 Å². The summed E-state index contributed by atoms with van der Waals surface area (Å²) < 4.78 is 26.0. The van der Waals surface area contributed by atoms with Crippen LogP contribution in [0.5, 0.6) is 0 Å². The van der Waals surface area contributed by atoms with E-state index in [0.29, 0.717) is 13.0 Å². The summed E-state index contributed by atoms with van der Waals surface area (Å²) in [7, 11) is 0. The van der Waals surface area contributed by atoms with Crippen LogP contribution in [0.3, 0.4) is 0 Å². The molecule has 0 radical (unpaired) electrons. The molecule has 1 amide bonds. The zero-order valence-electron chi connectivity index (χ0n) is 10.1. The maximum atomic E-state index is 13.3. The molecule has 0 aliphatic rings. The number of nitrogens with one attached hydrogen (secondary N) is 1. The second-order valence-corrected chi connectivity index (χ2v) is 3.99. The van der Waals surface area contributed by atoms with Gasteiger partial charge in [-0.2, -0.15) is 0 Å². The first-order chi connectivity index (χ1) is 9.16. The maximum Gasteiger partial charge on any atom is 0.254 e. The van der Waals surface area contributed by atoms with Crippen LogP contribution in [0.15, 0.2) is 42.7 Å². The lowest BCUT2D eigenvalue weighted by Crippen LogP contribution is -2.26. The fraction of sp³-hybridized carbons (Fsp3) is 0.143. The number of carbonyl (C=O) groups is 1. The van der Waals surface area contributed by atoms with E-state index in [0.717, 1.165) is 11.8 Å². The van der Waals surface area contributed by atoms with Gasteiger partial charge >= 0.3 is 0 Å². The van der Waals surface area contributed by atoms with E-state index in [4.69, 9.17) is 0 Å². The van der Waals surface area contributed by atoms with Crippen molar-refractivity contribution in [3.63, 3.8) is 0 Å². The van der Waals surface area contributed by atoms with Crippen molar-refractivity contribution in [2.75, 3.05) is 6.54 Å². The van der Waals surface area contributed by atoms with Crippen molar-refractivity contribution in [3.8, 4) is 0 Å². The average molecular weight is 262 g/mol. The molecule has 0 aliphatic heterocycles. The Morgan fingerprint density at radius 3 is 2.58 bits per heavy atom. The van der Waals surface area contributed by atoms with Crippen LogP contribution in [0.4, 0.5) is 8.78 Å². The van der Waals surface area contributed by atoms with Gasteiger partial charge in [0.1, 0.15) is 5.82 Å². The minimum absolute atomic E-state index is 0.0332. The molecule has 1 aromatic carbocycles. The second kappa shape index (κ2) is 6.04. The predicted octanol–water partition coefficient (Wildman–Crippen LogP) is 2.33. The quantitative estimate of drug-likeness (QED) is 0.918. The van der Waals surface area contributed by atoms with Gasteiger partial charge < -0.3 is 5.32 Å². The van der Waals surface area contributed by atoms with Crippen LogP contribution in [-0.4, -0.2) is 17.4 Å². The molecule has 0 fully saturated rings. The Morgan fingerprint density at radius 2 is 1.89 bits per heavy atom. The fourth-order valence-corrected chi connectivity index (χ4v) is 1.63. The van der Waals surface area contributed by atoms with Crippen molar-refractivity contribution < 1.29 is 13.6 Å². The summed E-state index contributed by atoms with van der Waals surface area (Å²) in [4.78, 5) is 15.2. The lowest BCUT2D eigenvalue weighted by atomic mass is 10.1. The van der Waals surface area contributed by atoms with Gasteiger partial charge in [0.15, 0.2) is 5.82 Å². The number of hydrogen-bond acceptors (Lipinski definition) is 2. The van der Waals surface area contributed by atoms with Gasteiger partial charge in [0, 0.05) is 12.7 Å². The number of rotatable bonds is 4. The van der Waals surface area contributed by atoms with Crippen LogP contribution in [-0.2, 0) is 6.42 Å². The van der Waals surface area contributed by atoms with Crippen molar-refractivity contribution >= 4 is 5.91 Å². The second-order valence-electron chi connectivity index (χ2n) is 3.99. The third-order valence-electron chi connectivity index (χ3n) is 2.63. The molecule has 2 rings (SSSR count).